The predicted molar refractivity (Wildman–Crippen MR) is 258 cm³/mol. The molecule has 19 heteroatoms. The lowest BCUT2D eigenvalue weighted by molar-refractivity contribution is -0.138. The number of piperidine rings is 2. The summed E-state index contributed by atoms with van der Waals surface area (Å²) in [4.78, 5) is 52.9. The molecule has 8 rings (SSSR count). The number of imide groups is 1. The van der Waals surface area contributed by atoms with Crippen molar-refractivity contribution in [1.29, 1.82) is 0 Å². The molecule has 3 saturated heterocycles. The highest BCUT2D eigenvalue weighted by molar-refractivity contribution is 9.10. The number of hydrogen-bond donors (Lipinski definition) is 4. The maximum atomic E-state index is 15.4. The number of halogens is 2. The Morgan fingerprint density at radius 1 is 0.985 bits per heavy atom. The number of nitrogens with zero attached hydrogens (tertiary/aromatic N) is 7. The third kappa shape index (κ3) is 9.96. The molecular formula is C47H55BrFN10O6P. The van der Waals surface area contributed by atoms with Crippen molar-refractivity contribution in [2.75, 3.05) is 80.1 Å². The van der Waals surface area contributed by atoms with Crippen molar-refractivity contribution in [3.8, 4) is 16.9 Å². The van der Waals surface area contributed by atoms with Crippen LogP contribution in [0.5, 0.6) is 5.75 Å². The number of nitrogens with one attached hydrogen (secondary N) is 3. The lowest BCUT2D eigenvalue weighted by Crippen LogP contribution is -2.52. The fraction of sp³-hybridized carbons (Fsp3) is 0.404. The number of hydrogen-bond acceptors (Lipinski definition) is 13. The fourth-order valence-electron chi connectivity index (χ4n) is 9.19. The summed E-state index contributed by atoms with van der Waals surface area (Å²) < 4.78 is 37.1. The van der Waals surface area contributed by atoms with Crippen molar-refractivity contribution in [2.45, 2.75) is 57.5 Å². The molecule has 2 aromatic heterocycles. The summed E-state index contributed by atoms with van der Waals surface area (Å²) in [6.45, 7) is 10.2. The summed E-state index contributed by atoms with van der Waals surface area (Å²) in [6, 6.07) is 12.6. The van der Waals surface area contributed by atoms with Gasteiger partial charge in [-0.15, -0.1) is 0 Å². The van der Waals surface area contributed by atoms with Crippen molar-refractivity contribution >= 4 is 80.6 Å². The summed E-state index contributed by atoms with van der Waals surface area (Å²) in [7, 11) is 0.800. The highest BCUT2D eigenvalue weighted by Crippen LogP contribution is 2.43. The zero-order valence-electron chi connectivity index (χ0n) is 38.0. The standard InChI is InChI=1S/C47H55BrFN10O6P/c1-28-7-10-36(43(29(28)2)66(5,6)64)52-44-34(48)26-50-46(55-44)53-37-22-33(31-25-51-56(3)27-31)39(23-40(37)65-4)58-17-19-59(20-18-58)42(61)24-47(63)13-15-57(16-14-47)38-11-8-30(21-35(38)49)32-9-12-41(60)54-45(32)62/h7-8,10-11,21-23,25-27,32,63H,9,12-20,24H2,1-6H3,(H,54,60,62)(H2,50,52,53,55). The van der Waals surface area contributed by atoms with Crippen LogP contribution < -0.4 is 35.8 Å². The highest BCUT2D eigenvalue weighted by Gasteiger charge is 2.38. The minimum Gasteiger partial charge on any atom is -0.494 e. The number of anilines is 6. The largest absolute Gasteiger partial charge is 0.494 e. The van der Waals surface area contributed by atoms with E-state index in [9.17, 15) is 24.1 Å². The van der Waals surface area contributed by atoms with E-state index >= 15 is 4.39 Å². The lowest BCUT2D eigenvalue weighted by Gasteiger charge is -2.41. The second kappa shape index (κ2) is 18.8. The average Bonchev–Trinajstić information content (AvgIpc) is 3.71. The van der Waals surface area contributed by atoms with E-state index < -0.39 is 30.4 Å². The quantitative estimate of drug-likeness (QED) is 0.0763. The number of carbonyl (C=O) groups is 3. The van der Waals surface area contributed by atoms with Gasteiger partial charge in [-0.1, -0.05) is 12.1 Å². The first kappa shape index (κ1) is 46.7. The number of ether oxygens (including phenoxy) is 1. The van der Waals surface area contributed by atoms with Crippen LogP contribution in [0.3, 0.4) is 0 Å². The van der Waals surface area contributed by atoms with Crippen molar-refractivity contribution in [3.63, 3.8) is 0 Å². The van der Waals surface area contributed by atoms with Gasteiger partial charge in [0.15, 0.2) is 0 Å². The summed E-state index contributed by atoms with van der Waals surface area (Å²) in [5.74, 6) is -0.584. The van der Waals surface area contributed by atoms with Crippen LogP contribution in [-0.2, 0) is 26.0 Å². The van der Waals surface area contributed by atoms with Gasteiger partial charge in [-0.2, -0.15) is 10.1 Å². The van der Waals surface area contributed by atoms with E-state index in [4.69, 9.17) is 9.72 Å². The monoisotopic (exact) mass is 984 g/mol. The van der Waals surface area contributed by atoms with Crippen molar-refractivity contribution < 1.29 is 33.2 Å². The van der Waals surface area contributed by atoms with Gasteiger partial charge in [0.05, 0.1) is 52.8 Å². The number of carbonyl (C=O) groups excluding carboxylic acids is 3. The van der Waals surface area contributed by atoms with E-state index in [-0.39, 0.29) is 24.7 Å². The Labute approximate surface area is 391 Å². The van der Waals surface area contributed by atoms with E-state index in [1.807, 2.05) is 56.3 Å². The van der Waals surface area contributed by atoms with E-state index in [2.05, 4.69) is 46.9 Å². The Kier molecular flexibility index (Phi) is 13.3. The molecule has 348 valence electrons. The van der Waals surface area contributed by atoms with Gasteiger partial charge >= 0.3 is 0 Å². The van der Waals surface area contributed by atoms with Gasteiger partial charge in [0, 0.05) is 93.3 Å². The second-order valence-electron chi connectivity index (χ2n) is 17.8. The molecule has 0 spiro atoms. The molecule has 0 saturated carbocycles. The molecule has 5 aromatic rings. The van der Waals surface area contributed by atoms with Crippen LogP contribution >= 0.6 is 23.1 Å². The van der Waals surface area contributed by atoms with Crippen LogP contribution in [0.2, 0.25) is 0 Å². The van der Waals surface area contributed by atoms with Crippen LogP contribution in [0.25, 0.3) is 11.1 Å². The minimum atomic E-state index is -2.66. The predicted octanol–water partition coefficient (Wildman–Crippen LogP) is 6.73. The van der Waals surface area contributed by atoms with E-state index in [1.165, 1.54) is 6.07 Å². The molecule has 1 unspecified atom stereocenters. The van der Waals surface area contributed by atoms with Gasteiger partial charge in [-0.3, -0.25) is 24.4 Å². The number of amides is 3. The summed E-state index contributed by atoms with van der Waals surface area (Å²) in [5.41, 5.74) is 5.67. The smallest absolute Gasteiger partial charge is 0.234 e. The molecule has 3 amide bonds. The van der Waals surface area contributed by atoms with Gasteiger partial charge in [-0.05, 0) is 103 Å². The molecule has 0 aliphatic carbocycles. The second-order valence-corrected chi connectivity index (χ2v) is 21.8. The molecule has 0 bridgehead atoms. The highest BCUT2D eigenvalue weighted by atomic mass is 79.9. The molecule has 3 fully saturated rings. The van der Waals surface area contributed by atoms with E-state index in [1.54, 1.807) is 54.5 Å². The number of rotatable bonds is 12. The Morgan fingerprint density at radius 3 is 2.36 bits per heavy atom. The maximum Gasteiger partial charge on any atom is 0.234 e. The maximum absolute atomic E-state index is 15.4. The number of aliphatic hydroxyl groups is 1. The zero-order valence-corrected chi connectivity index (χ0v) is 40.4. The van der Waals surface area contributed by atoms with Gasteiger partial charge in [-0.25, -0.2) is 9.37 Å². The number of benzene rings is 3. The molecule has 0 radical (unpaired) electrons. The van der Waals surface area contributed by atoms with Crippen LogP contribution in [-0.4, -0.2) is 113 Å². The SMILES string of the molecule is COc1cc(N2CCN(C(=O)CC3(O)CCN(c4ccc(C5CCC(=O)NC5=O)cc4F)CC3)CC2)c(-c2cnn(C)c2)cc1Nc1ncc(Br)c(Nc2ccc(C)c(C)c2P(C)(C)=O)n1. The van der Waals surface area contributed by atoms with Crippen molar-refractivity contribution in [3.05, 3.63) is 88.0 Å². The molecule has 1 atom stereocenters. The lowest BCUT2D eigenvalue weighted by atomic mass is 9.87. The van der Waals surface area contributed by atoms with Gasteiger partial charge < -0.3 is 39.7 Å². The Morgan fingerprint density at radius 2 is 1.71 bits per heavy atom. The molecule has 5 heterocycles. The molecule has 3 aliphatic rings. The zero-order chi connectivity index (χ0) is 47.1. The average molecular weight is 986 g/mol. The third-order valence-electron chi connectivity index (χ3n) is 12.9. The first-order valence-corrected chi connectivity index (χ1v) is 25.4. The third-order valence-corrected chi connectivity index (χ3v) is 15.2. The van der Waals surface area contributed by atoms with Gasteiger partial charge in [0.2, 0.25) is 23.7 Å². The number of aromatic nitrogens is 4. The van der Waals surface area contributed by atoms with Gasteiger partial charge in [0.25, 0.3) is 0 Å². The molecule has 16 nitrogen and oxygen atoms in total. The summed E-state index contributed by atoms with van der Waals surface area (Å²) in [6.07, 6.45) is 6.47. The molecular weight excluding hydrogens is 930 g/mol. The van der Waals surface area contributed by atoms with E-state index in [0.717, 1.165) is 33.2 Å². The first-order valence-electron chi connectivity index (χ1n) is 22.0. The molecule has 3 aliphatic heterocycles. The van der Waals surface area contributed by atoms with Gasteiger partial charge in [0.1, 0.15) is 24.5 Å². The van der Waals surface area contributed by atoms with E-state index in [0.29, 0.717) is 103 Å². The summed E-state index contributed by atoms with van der Waals surface area (Å²) in [5, 5.41) is 25.9. The van der Waals surface area contributed by atoms with Crippen molar-refractivity contribution in [1.82, 2.24) is 30.0 Å². The normalized spacial score (nSPS) is 17.7. The van der Waals surface area contributed by atoms with Crippen LogP contribution in [0, 0.1) is 19.7 Å². The minimum absolute atomic E-state index is 0.0356. The van der Waals surface area contributed by atoms with Crippen LogP contribution in [0.4, 0.5) is 38.9 Å². The first-order chi connectivity index (χ1) is 31.4. The summed E-state index contributed by atoms with van der Waals surface area (Å²) >= 11 is 3.59. The number of methoxy groups -OCH3 is 1. The fourth-order valence-corrected chi connectivity index (χ4v) is 11.2. The Hall–Kier alpha value is -5.84. The van der Waals surface area contributed by atoms with Crippen molar-refractivity contribution in [2.24, 2.45) is 7.05 Å². The Balaban J connectivity index is 0.934. The van der Waals surface area contributed by atoms with Crippen LogP contribution in [0.15, 0.2) is 65.5 Å². The number of piperazine rings is 1. The molecule has 4 N–H and O–H groups in total. The number of aryl methyl sites for hydroxylation is 2. The Bertz CT molecular complexity index is 2750. The molecule has 3 aromatic carbocycles. The van der Waals surface area contributed by atoms with Crippen LogP contribution in [0.1, 0.15) is 54.7 Å². The topological polar surface area (TPSA) is 187 Å². The molecule has 66 heavy (non-hydrogen) atoms.